The van der Waals surface area contributed by atoms with Gasteiger partial charge in [0.2, 0.25) is 0 Å². The van der Waals surface area contributed by atoms with Gasteiger partial charge in [0.25, 0.3) is 5.69 Å². The van der Waals surface area contributed by atoms with Gasteiger partial charge in [-0.25, -0.2) is 0 Å². The minimum atomic E-state index is -0.413. The molecule has 2 aromatic carbocycles. The fourth-order valence-corrected chi connectivity index (χ4v) is 1.79. The Kier molecular flexibility index (Phi) is 4.46. The largest absolute Gasteiger partial charge is 0.427 e. The maximum absolute atomic E-state index is 10.9. The molecule has 0 aliphatic rings. The molecule has 0 N–H and O–H groups in total. The van der Waals surface area contributed by atoms with Gasteiger partial charge < -0.3 is 4.74 Å². The molecule has 0 saturated carbocycles. The van der Waals surface area contributed by atoms with Gasteiger partial charge >= 0.3 is 5.97 Å². The summed E-state index contributed by atoms with van der Waals surface area (Å²) in [6, 6.07) is 13.4. The van der Waals surface area contributed by atoms with E-state index in [-0.39, 0.29) is 11.7 Å². The van der Waals surface area contributed by atoms with Crippen LogP contribution in [0.4, 0.5) is 5.69 Å². The number of para-hydroxylation sites is 1. The van der Waals surface area contributed by atoms with Crippen LogP contribution < -0.4 is 4.74 Å². The summed E-state index contributed by atoms with van der Waals surface area (Å²) in [7, 11) is 0. The number of rotatable bonds is 4. The van der Waals surface area contributed by atoms with Crippen LogP contribution in [0.3, 0.4) is 0 Å². The van der Waals surface area contributed by atoms with Gasteiger partial charge in [0.05, 0.1) is 10.5 Å². The molecule has 0 bridgehead atoms. The van der Waals surface area contributed by atoms with Crippen LogP contribution in [0.25, 0.3) is 12.2 Å². The number of hydrogen-bond donors (Lipinski definition) is 0. The summed E-state index contributed by atoms with van der Waals surface area (Å²) in [4.78, 5) is 21.3. The van der Waals surface area contributed by atoms with Crippen molar-refractivity contribution >= 4 is 23.8 Å². The van der Waals surface area contributed by atoms with E-state index in [9.17, 15) is 14.9 Å². The van der Waals surface area contributed by atoms with E-state index >= 15 is 0 Å². The topological polar surface area (TPSA) is 69.4 Å². The van der Waals surface area contributed by atoms with E-state index in [1.807, 2.05) is 0 Å². The van der Waals surface area contributed by atoms with Crippen LogP contribution in [0.5, 0.6) is 5.75 Å². The molecular weight excluding hydrogens is 270 g/mol. The smallest absolute Gasteiger partial charge is 0.308 e. The summed E-state index contributed by atoms with van der Waals surface area (Å²) in [5.41, 5.74) is 1.45. The Bertz CT molecular complexity index is 690. The highest BCUT2D eigenvalue weighted by molar-refractivity contribution is 5.74. The van der Waals surface area contributed by atoms with Crippen LogP contribution in [0.1, 0.15) is 18.1 Å². The maximum atomic E-state index is 10.9. The van der Waals surface area contributed by atoms with Crippen LogP contribution in [0.2, 0.25) is 0 Å². The predicted molar refractivity (Wildman–Crippen MR) is 79.8 cm³/mol. The third-order valence-electron chi connectivity index (χ3n) is 2.73. The molecule has 0 aliphatic carbocycles. The Morgan fingerprint density at radius 1 is 1.10 bits per heavy atom. The van der Waals surface area contributed by atoms with Crippen molar-refractivity contribution < 1.29 is 14.5 Å². The number of nitrogens with zero attached hydrogens (tertiary/aromatic N) is 1. The highest BCUT2D eigenvalue weighted by Gasteiger charge is 2.08. The highest BCUT2D eigenvalue weighted by Crippen LogP contribution is 2.21. The first-order chi connectivity index (χ1) is 10.1. The lowest BCUT2D eigenvalue weighted by Gasteiger charge is -2.01. The Morgan fingerprint density at radius 2 is 1.76 bits per heavy atom. The van der Waals surface area contributed by atoms with Crippen molar-refractivity contribution in [3.63, 3.8) is 0 Å². The van der Waals surface area contributed by atoms with Gasteiger partial charge in [-0.05, 0) is 29.8 Å². The van der Waals surface area contributed by atoms with Gasteiger partial charge in [-0.2, -0.15) is 0 Å². The molecule has 0 spiro atoms. The molecule has 21 heavy (non-hydrogen) atoms. The molecule has 0 saturated heterocycles. The Labute approximate surface area is 121 Å². The average molecular weight is 283 g/mol. The third-order valence-corrected chi connectivity index (χ3v) is 2.73. The summed E-state index contributed by atoms with van der Waals surface area (Å²) in [6.07, 6.45) is 3.44. The molecule has 5 heteroatoms. The average Bonchev–Trinajstić information content (AvgIpc) is 2.46. The van der Waals surface area contributed by atoms with E-state index in [4.69, 9.17) is 4.74 Å². The number of carbonyl (C=O) groups excluding carboxylic acids is 1. The van der Waals surface area contributed by atoms with E-state index < -0.39 is 4.92 Å². The molecule has 106 valence electrons. The quantitative estimate of drug-likeness (QED) is 0.282. The molecule has 0 radical (unpaired) electrons. The lowest BCUT2D eigenvalue weighted by molar-refractivity contribution is -0.385. The van der Waals surface area contributed by atoms with Crippen molar-refractivity contribution in [3.05, 3.63) is 69.8 Å². The van der Waals surface area contributed by atoms with E-state index in [0.717, 1.165) is 5.56 Å². The van der Waals surface area contributed by atoms with Crippen LogP contribution in [0.15, 0.2) is 48.5 Å². The fraction of sp³-hybridized carbons (Fsp3) is 0.0625. The van der Waals surface area contributed by atoms with Crippen LogP contribution in [0, 0.1) is 10.1 Å². The van der Waals surface area contributed by atoms with Crippen molar-refractivity contribution in [3.8, 4) is 5.75 Å². The monoisotopic (exact) mass is 283 g/mol. The van der Waals surface area contributed by atoms with Crippen LogP contribution >= 0.6 is 0 Å². The molecule has 2 rings (SSSR count). The van der Waals surface area contributed by atoms with E-state index in [2.05, 4.69) is 0 Å². The molecule has 0 aliphatic heterocycles. The van der Waals surface area contributed by atoms with Gasteiger partial charge in [-0.1, -0.05) is 30.3 Å². The Hall–Kier alpha value is -2.95. The normalized spacial score (nSPS) is 10.5. The second-order valence-corrected chi connectivity index (χ2v) is 4.31. The van der Waals surface area contributed by atoms with Gasteiger partial charge in [0.1, 0.15) is 5.75 Å². The molecule has 0 amide bonds. The zero-order valence-corrected chi connectivity index (χ0v) is 11.4. The predicted octanol–water partition coefficient (Wildman–Crippen LogP) is 3.69. The second-order valence-electron chi connectivity index (χ2n) is 4.31. The van der Waals surface area contributed by atoms with E-state index in [1.54, 1.807) is 54.6 Å². The van der Waals surface area contributed by atoms with Crippen molar-refractivity contribution in [2.24, 2.45) is 0 Å². The molecule has 0 atom stereocenters. The molecular formula is C16H13NO4. The van der Waals surface area contributed by atoms with Crippen molar-refractivity contribution in [2.45, 2.75) is 6.92 Å². The minimum absolute atomic E-state index is 0.0604. The Morgan fingerprint density at radius 3 is 2.38 bits per heavy atom. The summed E-state index contributed by atoms with van der Waals surface area (Å²) in [5, 5.41) is 10.9. The third kappa shape index (κ3) is 4.01. The Balaban J connectivity index is 2.18. The van der Waals surface area contributed by atoms with Gasteiger partial charge in [-0.15, -0.1) is 0 Å². The van der Waals surface area contributed by atoms with E-state index in [0.29, 0.717) is 11.3 Å². The van der Waals surface area contributed by atoms with Crippen molar-refractivity contribution in [2.75, 3.05) is 0 Å². The first-order valence-electron chi connectivity index (χ1n) is 6.26. The number of ether oxygens (including phenoxy) is 1. The van der Waals surface area contributed by atoms with Crippen LogP contribution in [-0.4, -0.2) is 10.9 Å². The fourth-order valence-electron chi connectivity index (χ4n) is 1.79. The van der Waals surface area contributed by atoms with Crippen molar-refractivity contribution in [1.29, 1.82) is 0 Å². The number of nitro benzene ring substituents is 1. The highest BCUT2D eigenvalue weighted by atomic mass is 16.6. The molecule has 0 aromatic heterocycles. The zero-order chi connectivity index (χ0) is 15.2. The maximum Gasteiger partial charge on any atom is 0.308 e. The molecule has 0 unspecified atom stereocenters. The molecule has 0 fully saturated rings. The first kappa shape index (κ1) is 14.5. The summed E-state index contributed by atoms with van der Waals surface area (Å²) in [5.74, 6) is 0.0866. The molecule has 0 heterocycles. The summed E-state index contributed by atoms with van der Waals surface area (Å²) >= 11 is 0. The number of nitro groups is 1. The van der Waals surface area contributed by atoms with E-state index in [1.165, 1.54) is 13.0 Å². The first-order valence-corrected chi connectivity index (χ1v) is 6.26. The number of esters is 1. The zero-order valence-electron chi connectivity index (χ0n) is 11.4. The lowest BCUT2D eigenvalue weighted by atomic mass is 10.1. The van der Waals surface area contributed by atoms with Gasteiger partial charge in [-0.3, -0.25) is 14.9 Å². The SMILES string of the molecule is CC(=O)Oc1ccc(/C=C/c2ccccc2[N+](=O)[O-])cc1. The van der Waals surface area contributed by atoms with Crippen molar-refractivity contribution in [1.82, 2.24) is 0 Å². The number of hydrogen-bond acceptors (Lipinski definition) is 4. The summed E-state index contributed by atoms with van der Waals surface area (Å²) in [6.45, 7) is 1.34. The van der Waals surface area contributed by atoms with Gasteiger partial charge in [0, 0.05) is 13.0 Å². The van der Waals surface area contributed by atoms with Gasteiger partial charge in [0.15, 0.2) is 0 Å². The second kappa shape index (κ2) is 6.47. The summed E-state index contributed by atoms with van der Waals surface area (Å²) < 4.78 is 4.93. The number of benzene rings is 2. The molecule has 2 aromatic rings. The lowest BCUT2D eigenvalue weighted by Crippen LogP contribution is -2.00. The molecule has 5 nitrogen and oxygen atoms in total. The number of carbonyl (C=O) groups is 1. The minimum Gasteiger partial charge on any atom is -0.427 e. The standard InChI is InChI=1S/C16H13NO4/c1-12(18)21-15-10-7-13(8-11-15)6-9-14-4-2-3-5-16(14)17(19)20/h2-11H,1H3/b9-6+. The van der Waals surface area contributed by atoms with Crippen LogP contribution in [-0.2, 0) is 4.79 Å².